The van der Waals surface area contributed by atoms with Crippen molar-refractivity contribution in [3.63, 3.8) is 0 Å². The van der Waals surface area contributed by atoms with Crippen molar-refractivity contribution in [2.75, 3.05) is 6.26 Å². The molecule has 4 aromatic rings. The molecule has 0 aromatic carbocycles. The molecule has 20 rings (SSSR count). The van der Waals surface area contributed by atoms with E-state index in [0.29, 0.717) is 84.7 Å². The zero-order valence-corrected chi connectivity index (χ0v) is 94.2. The summed E-state index contributed by atoms with van der Waals surface area (Å²) in [5, 5.41) is 77.6. The fourth-order valence-electron chi connectivity index (χ4n) is 37.9. The predicted octanol–water partition coefficient (Wildman–Crippen LogP) is 26.2. The molecule has 16 saturated carbocycles. The molecular formula is C120H189Br2FMgN4O8S. The predicted molar refractivity (Wildman–Crippen MR) is 560 cm³/mol. The number of nitrogens with zero attached hydrogens (tertiary/aromatic N) is 4. The first-order valence-corrected chi connectivity index (χ1v) is 57.6. The molecule has 7 N–H and O–H groups in total. The van der Waals surface area contributed by atoms with Gasteiger partial charge in [0.1, 0.15) is 6.29 Å². The molecule has 0 aliphatic heterocycles. The third-order valence-corrected chi connectivity index (χ3v) is 46.6. The summed E-state index contributed by atoms with van der Waals surface area (Å²) in [4.78, 5) is 28.1. The van der Waals surface area contributed by atoms with Crippen LogP contribution in [0.2, 0.25) is 0 Å². The molecule has 39 atom stereocenters. The Balaban J connectivity index is 0.000000156. The molecule has 12 nitrogen and oxygen atoms in total. The van der Waals surface area contributed by atoms with E-state index in [1.165, 1.54) is 192 Å². The molecule has 0 bridgehead atoms. The van der Waals surface area contributed by atoms with E-state index in [9.17, 15) is 44.4 Å². The number of fused-ring (bicyclic) bond motifs is 20. The smallest absolute Gasteiger partial charge is 1.00 e. The van der Waals surface area contributed by atoms with Gasteiger partial charge in [-0.2, -0.15) is 17.7 Å². The Bertz CT molecular complexity index is 4090. The van der Waals surface area contributed by atoms with Crippen LogP contribution in [0.1, 0.15) is 416 Å². The Kier molecular flexibility index (Phi) is 38.5. The minimum absolute atomic E-state index is 0. The van der Waals surface area contributed by atoms with Crippen LogP contribution in [0.5, 0.6) is 0 Å². The minimum atomic E-state index is -0.416. The van der Waals surface area contributed by atoms with Gasteiger partial charge in [0.2, 0.25) is 0 Å². The van der Waals surface area contributed by atoms with Gasteiger partial charge >= 0.3 is 23.1 Å². The molecule has 0 amide bonds. The first kappa shape index (κ1) is 114. The van der Waals surface area contributed by atoms with Crippen molar-refractivity contribution in [1.82, 2.24) is 19.9 Å². The molecule has 16 aliphatic carbocycles. The van der Waals surface area contributed by atoms with Gasteiger partial charge in [-0.05, 0) is 499 Å². The van der Waals surface area contributed by atoms with Crippen molar-refractivity contribution in [3.05, 3.63) is 126 Å². The maximum atomic E-state index is 11.5. The van der Waals surface area contributed by atoms with E-state index in [0.717, 1.165) is 175 Å². The number of aliphatic hydroxyl groups is 7. The second-order valence-electron chi connectivity index (χ2n) is 51.3. The van der Waals surface area contributed by atoms with Gasteiger partial charge < -0.3 is 63.9 Å². The summed E-state index contributed by atoms with van der Waals surface area (Å²) in [6.45, 7) is 42.3. The van der Waals surface area contributed by atoms with E-state index >= 15 is 0 Å². The first-order chi connectivity index (χ1) is 64.1. The van der Waals surface area contributed by atoms with Crippen LogP contribution in [0.25, 0.3) is 0 Å². The van der Waals surface area contributed by atoms with Crippen LogP contribution in [-0.4, -0.2) is 114 Å². The summed E-state index contributed by atoms with van der Waals surface area (Å²) in [5.74, 6) is 16.2. The van der Waals surface area contributed by atoms with Crippen LogP contribution < -0.4 is 17.0 Å². The van der Waals surface area contributed by atoms with Gasteiger partial charge in [0.15, 0.2) is 0 Å². The van der Waals surface area contributed by atoms with Gasteiger partial charge in [0.05, 0.1) is 40.7 Å². The molecular weight excluding hydrogens is 1860 g/mol. The van der Waals surface area contributed by atoms with Gasteiger partial charge in [-0.15, -0.1) is 0 Å². The average Bonchev–Trinajstić information content (AvgIpc) is 1.66. The number of rotatable bonds is 15. The summed E-state index contributed by atoms with van der Waals surface area (Å²) >= 11 is 3.50. The average molecular weight is 2050 g/mol. The SMILES string of the molecule is Brc1cccnc1.CC[C@]1(O)CC[C@@]2(C)[C@@H](CC[C@@H]3[C@@H]2CC[C@]2(C)[C@@H]([C@H](C)C(O)c4cccnc4)CC[C@@H]32)C1.CC[C@]1(O)CC[C@@]2(C)[C@@H](CC[C@@H]3[C@@H]2CC[C@]2(C)[C@@H]([C@H](C)C=O)CC[C@@H]32)C1.CC[C@]1(O)CC[C@@]2(C)[C@@H](CC[C@@H]3[C@@H]2CC[C@]2(C)[C@@H]([C@H](C)[C@@H](O)c4cccnc4)CC[C@@H]32)C1.CC[C@]1(O)CC[C@@]2(C)[C@@H](CC[C@@H]3[C@@H]2CC[C@]2(C)[C@@H]([C@H](C)[C@H](O)c4cccnc4)CC[C@@H]32)C1.CSF.C[CH-]C.[Br-].[Mg+2]. The fourth-order valence-corrected chi connectivity index (χ4v) is 38.1. The van der Waals surface area contributed by atoms with Crippen LogP contribution in [0.3, 0.4) is 0 Å². The Morgan fingerprint density at radius 2 is 0.599 bits per heavy atom. The van der Waals surface area contributed by atoms with Gasteiger partial charge in [-0.1, -0.05) is 129 Å². The van der Waals surface area contributed by atoms with Crippen LogP contribution in [0, 0.1) is 192 Å². The van der Waals surface area contributed by atoms with Gasteiger partial charge in [-0.25, -0.2) is 0 Å². The van der Waals surface area contributed by atoms with Crippen molar-refractivity contribution in [3.8, 4) is 0 Å². The number of carbonyl (C=O) groups excluding carboxylic acids is 1. The number of hydrogen-bond acceptors (Lipinski definition) is 13. The second-order valence-corrected chi connectivity index (χ2v) is 52.6. The molecule has 17 heteroatoms. The standard InChI is InChI=1S/3C29H45NO2.C24H40O2.C5H4BrN.C3H7.CH3FS.BrH.Mg/c3*1-5-29(32)15-14-27(3)21(17-29)8-9-22-24-11-10-23(28(24,4)13-12-25(22)27)19(2)26(31)20-7-6-16-30-18-20;1-5-24(26)13-12-22(3)17(14-24)6-7-18-20-9-8-19(16(2)15-25)23(20,4)11-10-21(18)22;6-5-2-1-3-7-4-5;2*1-3-2;;/h3*6-7,16,18-19,21-26,31-32H,5,8-15,17H2,1-4H3;15-21,26H,5-14H2,1-4H3;1-4H;3H,1-2H3;1H3;1H;/q;;;;;-1;;;+2/p-1/t19-,21-,22-,23+,24-,25-,26?,27-,28+,29-;19-,21-,22-,23+,24-,25-,26+,27-,28+,29-;19-,21-,22-,23+,24-,25-,26-,27-,28+,29-;16-,17+,18+,19-,20+,21+,22+,23-,24+;;;;;/m0001...../s1. The summed E-state index contributed by atoms with van der Waals surface area (Å²) in [7, 11) is 0. The molecule has 766 valence electrons. The topological polar surface area (TPSA) is 210 Å². The van der Waals surface area contributed by atoms with Crippen LogP contribution >= 0.6 is 28.1 Å². The molecule has 137 heavy (non-hydrogen) atoms. The van der Waals surface area contributed by atoms with Gasteiger partial charge in [0.25, 0.3) is 0 Å². The molecule has 1 unspecified atom stereocenters. The Labute approximate surface area is 871 Å². The number of hydrogen-bond donors (Lipinski definition) is 7. The van der Waals surface area contributed by atoms with Crippen molar-refractivity contribution >= 4 is 57.4 Å². The maximum Gasteiger partial charge on any atom is 2.00 e. The Morgan fingerprint density at radius 1 is 0.372 bits per heavy atom. The molecule has 0 saturated heterocycles. The number of aldehydes is 1. The number of aliphatic hydroxyl groups excluding tert-OH is 3. The summed E-state index contributed by atoms with van der Waals surface area (Å²) in [6.07, 6.45) is 66.2. The third kappa shape index (κ3) is 22.2. The second kappa shape index (κ2) is 46.4. The van der Waals surface area contributed by atoms with Gasteiger partial charge in [-0.3, -0.25) is 19.9 Å². The minimum Gasteiger partial charge on any atom is -1.00 e. The fraction of sp³-hybridized carbons (Fsp3) is 0.817. The van der Waals surface area contributed by atoms with Crippen LogP contribution in [-0.2, 0) is 4.79 Å². The summed E-state index contributed by atoms with van der Waals surface area (Å²) in [5.41, 5.74) is 4.46. The summed E-state index contributed by atoms with van der Waals surface area (Å²) < 4.78 is 11.2. The Morgan fingerprint density at radius 3 is 0.803 bits per heavy atom. The van der Waals surface area contributed by atoms with E-state index in [2.05, 4.69) is 147 Å². The first-order valence-electron chi connectivity index (χ1n) is 55.7. The maximum absolute atomic E-state index is 11.5. The number of halogens is 3. The summed E-state index contributed by atoms with van der Waals surface area (Å²) in [6, 6.07) is 15.7. The molecule has 16 fully saturated rings. The van der Waals surface area contributed by atoms with Crippen LogP contribution in [0.15, 0.2) is 103 Å². The van der Waals surface area contributed by atoms with Crippen molar-refractivity contribution in [2.24, 2.45) is 185 Å². The number of pyridine rings is 4. The Hall–Kier alpha value is -2.00. The van der Waals surface area contributed by atoms with Crippen molar-refractivity contribution in [2.45, 2.75) is 422 Å². The molecule has 4 heterocycles. The monoisotopic (exact) mass is 2050 g/mol. The van der Waals surface area contributed by atoms with Crippen molar-refractivity contribution in [1.29, 1.82) is 0 Å². The normalized spacial score (nSPS) is 44.6. The van der Waals surface area contributed by atoms with Crippen LogP contribution in [0.4, 0.5) is 3.89 Å². The van der Waals surface area contributed by atoms with E-state index in [1.54, 1.807) is 31.0 Å². The zero-order chi connectivity index (χ0) is 97.4. The molecule has 0 radical (unpaired) electrons. The van der Waals surface area contributed by atoms with E-state index in [4.69, 9.17) is 0 Å². The largest absolute Gasteiger partial charge is 2.00 e. The molecule has 16 aliphatic rings. The van der Waals surface area contributed by atoms with E-state index < -0.39 is 40.7 Å². The van der Waals surface area contributed by atoms with Crippen molar-refractivity contribution < 1.29 is 61.4 Å². The zero-order valence-electron chi connectivity index (χ0n) is 88.8. The van der Waals surface area contributed by atoms with E-state index in [-0.39, 0.29) is 75.9 Å². The third-order valence-electron chi connectivity index (χ3n) is 46.2. The van der Waals surface area contributed by atoms with Gasteiger partial charge in [0, 0.05) is 78.4 Å². The molecule has 0 spiro atoms. The number of aromatic nitrogens is 4. The quantitative estimate of drug-likeness (QED) is 0.0336. The number of carbonyl (C=O) groups is 1. The molecule has 4 aromatic heterocycles. The van der Waals surface area contributed by atoms with E-state index in [1.807, 2.05) is 87.4 Å².